The lowest BCUT2D eigenvalue weighted by atomic mass is 10.6. The summed E-state index contributed by atoms with van der Waals surface area (Å²) in [6.45, 7) is 0.729. The van der Waals surface area contributed by atoms with Gasteiger partial charge in [-0.1, -0.05) is 0 Å². The molecule has 0 saturated heterocycles. The van der Waals surface area contributed by atoms with E-state index in [0.29, 0.717) is 0 Å². The van der Waals surface area contributed by atoms with Gasteiger partial charge in [0.1, 0.15) is 12.5 Å². The van der Waals surface area contributed by atoms with Crippen LogP contribution in [0, 0.1) is 0 Å². The molecule has 0 aliphatic carbocycles. The van der Waals surface area contributed by atoms with Crippen LogP contribution in [-0.2, 0) is 9.47 Å². The molecule has 1 aliphatic rings. The lowest BCUT2D eigenvalue weighted by Gasteiger charge is -2.07. The highest BCUT2D eigenvalue weighted by atomic mass is 16.7. The first-order chi connectivity index (χ1) is 3.93. The molecule has 0 atom stereocenters. The summed E-state index contributed by atoms with van der Waals surface area (Å²) in [6, 6.07) is 0. The Hall–Kier alpha value is -0.700. The van der Waals surface area contributed by atoms with Gasteiger partial charge >= 0.3 is 0 Å². The fourth-order valence-electron chi connectivity index (χ4n) is 0.534. The van der Waals surface area contributed by atoms with E-state index < -0.39 is 0 Å². The minimum Gasteiger partial charge on any atom is -0.458 e. The van der Waals surface area contributed by atoms with E-state index in [2.05, 4.69) is 5.32 Å². The number of rotatable bonds is 2. The Morgan fingerprint density at radius 2 is 2.12 bits per heavy atom. The average Bonchev–Trinajstić information content (AvgIpc) is 2.19. The zero-order valence-corrected chi connectivity index (χ0v) is 4.76. The number of nitrogens with one attached hydrogen (secondary N) is 1. The van der Waals surface area contributed by atoms with E-state index in [1.54, 1.807) is 12.5 Å². The molecule has 46 valence electrons. The normalized spacial score (nSPS) is 18.1. The second kappa shape index (κ2) is 2.57. The quantitative estimate of drug-likeness (QED) is 0.551. The van der Waals surface area contributed by atoms with Crippen molar-refractivity contribution in [1.29, 1.82) is 0 Å². The maximum atomic E-state index is 4.93. The lowest BCUT2D eigenvalue weighted by Crippen LogP contribution is -2.23. The summed E-state index contributed by atoms with van der Waals surface area (Å²) >= 11 is 0. The molecule has 0 spiro atoms. The molecule has 0 radical (unpaired) electrons. The summed E-state index contributed by atoms with van der Waals surface area (Å²) in [5, 5.41) is 2.92. The van der Waals surface area contributed by atoms with Crippen molar-refractivity contribution in [3.63, 3.8) is 0 Å². The second-order valence-corrected chi connectivity index (χ2v) is 1.53. The van der Waals surface area contributed by atoms with Gasteiger partial charge in [-0.25, -0.2) is 0 Å². The van der Waals surface area contributed by atoms with Gasteiger partial charge < -0.3 is 14.8 Å². The number of likely N-dealkylation sites (N-methyl/N-ethyl adjacent to an activating group) is 1. The van der Waals surface area contributed by atoms with E-state index in [1.807, 2.05) is 7.05 Å². The van der Waals surface area contributed by atoms with Crippen molar-refractivity contribution < 1.29 is 9.47 Å². The predicted octanol–water partition coefficient (Wildman–Crippen LogP) is 0.0499. The molecule has 0 bridgehead atoms. The largest absolute Gasteiger partial charge is 0.458 e. The highest BCUT2D eigenvalue weighted by molar-refractivity contribution is 4.71. The molecule has 1 heterocycles. The summed E-state index contributed by atoms with van der Waals surface area (Å²) < 4.78 is 9.86. The van der Waals surface area contributed by atoms with Crippen molar-refractivity contribution in [2.24, 2.45) is 0 Å². The third kappa shape index (κ3) is 1.13. The minimum absolute atomic E-state index is 0.111. The summed E-state index contributed by atoms with van der Waals surface area (Å²) in [6.07, 6.45) is 2.98. The SMILES string of the molecule is CNCC1OC=CO1. The van der Waals surface area contributed by atoms with Gasteiger partial charge in [-0.2, -0.15) is 0 Å². The molecular formula is C5H9NO2. The standard InChI is InChI=1S/C5H9NO2/c1-6-4-5-7-2-3-8-5/h2-3,5-6H,4H2,1H3. The third-order valence-electron chi connectivity index (χ3n) is 0.887. The van der Waals surface area contributed by atoms with E-state index in [4.69, 9.17) is 9.47 Å². The fourth-order valence-corrected chi connectivity index (χ4v) is 0.534. The van der Waals surface area contributed by atoms with E-state index in [1.165, 1.54) is 0 Å². The van der Waals surface area contributed by atoms with Crippen LogP contribution in [0.25, 0.3) is 0 Å². The highest BCUT2D eigenvalue weighted by Gasteiger charge is 2.08. The molecule has 1 aliphatic heterocycles. The Bertz CT molecular complexity index is 84.4. The molecule has 3 heteroatoms. The van der Waals surface area contributed by atoms with E-state index >= 15 is 0 Å². The summed E-state index contributed by atoms with van der Waals surface area (Å²) in [4.78, 5) is 0. The Morgan fingerprint density at radius 3 is 2.62 bits per heavy atom. The van der Waals surface area contributed by atoms with Gasteiger partial charge in [-0.05, 0) is 7.05 Å². The van der Waals surface area contributed by atoms with Gasteiger partial charge in [0, 0.05) is 0 Å². The van der Waals surface area contributed by atoms with Crippen LogP contribution in [0.5, 0.6) is 0 Å². The van der Waals surface area contributed by atoms with Crippen molar-refractivity contribution in [1.82, 2.24) is 5.32 Å². The van der Waals surface area contributed by atoms with Crippen LogP contribution in [0.2, 0.25) is 0 Å². The van der Waals surface area contributed by atoms with Crippen molar-refractivity contribution in [3.8, 4) is 0 Å². The van der Waals surface area contributed by atoms with Crippen molar-refractivity contribution in [2.45, 2.75) is 6.29 Å². The number of hydrogen-bond acceptors (Lipinski definition) is 3. The van der Waals surface area contributed by atoms with Crippen LogP contribution < -0.4 is 5.32 Å². The molecular weight excluding hydrogens is 106 g/mol. The highest BCUT2D eigenvalue weighted by Crippen LogP contribution is 2.02. The molecule has 0 amide bonds. The molecule has 1 rings (SSSR count). The monoisotopic (exact) mass is 115 g/mol. The van der Waals surface area contributed by atoms with Crippen molar-refractivity contribution in [3.05, 3.63) is 12.5 Å². The minimum atomic E-state index is -0.111. The average molecular weight is 115 g/mol. The topological polar surface area (TPSA) is 30.5 Å². The van der Waals surface area contributed by atoms with E-state index in [0.717, 1.165) is 6.54 Å². The fraction of sp³-hybridized carbons (Fsp3) is 0.600. The molecule has 1 N–H and O–H groups in total. The van der Waals surface area contributed by atoms with Crippen LogP contribution >= 0.6 is 0 Å². The van der Waals surface area contributed by atoms with Crippen molar-refractivity contribution >= 4 is 0 Å². The molecule has 3 nitrogen and oxygen atoms in total. The molecule has 0 unspecified atom stereocenters. The molecule has 0 saturated carbocycles. The molecule has 0 fully saturated rings. The molecule has 0 aromatic carbocycles. The van der Waals surface area contributed by atoms with E-state index in [-0.39, 0.29) is 6.29 Å². The maximum absolute atomic E-state index is 4.93. The maximum Gasteiger partial charge on any atom is 0.251 e. The number of hydrogen-bond donors (Lipinski definition) is 1. The van der Waals surface area contributed by atoms with Gasteiger partial charge in [0.2, 0.25) is 0 Å². The van der Waals surface area contributed by atoms with Gasteiger partial charge in [-0.3, -0.25) is 0 Å². The predicted molar refractivity (Wildman–Crippen MR) is 29.0 cm³/mol. The van der Waals surface area contributed by atoms with Crippen LogP contribution in [0.3, 0.4) is 0 Å². The van der Waals surface area contributed by atoms with Crippen LogP contribution in [0.15, 0.2) is 12.5 Å². The molecule has 8 heavy (non-hydrogen) atoms. The second-order valence-electron chi connectivity index (χ2n) is 1.53. The van der Waals surface area contributed by atoms with Gasteiger partial charge in [-0.15, -0.1) is 0 Å². The third-order valence-corrected chi connectivity index (χ3v) is 0.887. The zero-order valence-electron chi connectivity index (χ0n) is 4.76. The Morgan fingerprint density at radius 1 is 1.50 bits per heavy atom. The molecule has 0 aromatic rings. The Kier molecular flexibility index (Phi) is 1.75. The first-order valence-corrected chi connectivity index (χ1v) is 2.54. The van der Waals surface area contributed by atoms with Crippen LogP contribution in [-0.4, -0.2) is 19.9 Å². The van der Waals surface area contributed by atoms with E-state index in [9.17, 15) is 0 Å². The van der Waals surface area contributed by atoms with Crippen LogP contribution in [0.1, 0.15) is 0 Å². The first-order valence-electron chi connectivity index (χ1n) is 2.54. The lowest BCUT2D eigenvalue weighted by molar-refractivity contribution is -0.0188. The van der Waals surface area contributed by atoms with Crippen LogP contribution in [0.4, 0.5) is 0 Å². The summed E-state index contributed by atoms with van der Waals surface area (Å²) in [5.74, 6) is 0. The summed E-state index contributed by atoms with van der Waals surface area (Å²) in [5.41, 5.74) is 0. The summed E-state index contributed by atoms with van der Waals surface area (Å²) in [7, 11) is 1.85. The Labute approximate surface area is 48.3 Å². The first kappa shape index (κ1) is 5.44. The number of ether oxygens (including phenoxy) is 2. The van der Waals surface area contributed by atoms with Crippen molar-refractivity contribution in [2.75, 3.05) is 13.6 Å². The zero-order chi connectivity index (χ0) is 5.82. The Balaban J connectivity index is 2.10. The van der Waals surface area contributed by atoms with Gasteiger partial charge in [0.15, 0.2) is 0 Å². The van der Waals surface area contributed by atoms with Gasteiger partial charge in [0.25, 0.3) is 6.29 Å². The smallest absolute Gasteiger partial charge is 0.251 e. The van der Waals surface area contributed by atoms with Gasteiger partial charge in [0.05, 0.1) is 6.54 Å². The molecule has 0 aromatic heterocycles.